The van der Waals surface area contributed by atoms with Gasteiger partial charge in [-0.05, 0) is 31.6 Å². The number of ether oxygens (including phenoxy) is 1. The number of hydrogen-bond donors (Lipinski definition) is 2. The summed E-state index contributed by atoms with van der Waals surface area (Å²) in [4.78, 5) is 10.6. The highest BCUT2D eigenvalue weighted by atomic mass is 16.5. The van der Waals surface area contributed by atoms with Gasteiger partial charge in [0.05, 0.1) is 13.2 Å². The summed E-state index contributed by atoms with van der Waals surface area (Å²) in [5, 5.41) is 18.1. The summed E-state index contributed by atoms with van der Waals surface area (Å²) in [5.41, 5.74) is -1.78. The van der Waals surface area contributed by atoms with Crippen molar-refractivity contribution in [2.45, 2.75) is 32.3 Å². The van der Waals surface area contributed by atoms with Crippen molar-refractivity contribution >= 4 is 5.97 Å². The molecule has 0 bridgehead atoms. The predicted octanol–water partition coefficient (Wildman–Crippen LogP) is 1.44. The van der Waals surface area contributed by atoms with E-state index in [2.05, 4.69) is 19.1 Å². The Bertz CT molecular complexity index is 270. The smallest absolute Gasteiger partial charge is 0.337 e. The Morgan fingerprint density at radius 2 is 2.12 bits per heavy atom. The molecule has 1 aliphatic rings. The fourth-order valence-electron chi connectivity index (χ4n) is 1.71. The molecule has 0 amide bonds. The van der Waals surface area contributed by atoms with Crippen LogP contribution in [0.25, 0.3) is 0 Å². The molecule has 0 radical (unpaired) electrons. The predicted molar refractivity (Wildman–Crippen MR) is 60.1 cm³/mol. The number of aliphatic hydroxyl groups is 1. The molecule has 16 heavy (non-hydrogen) atoms. The van der Waals surface area contributed by atoms with E-state index in [-0.39, 0.29) is 6.61 Å². The Balaban J connectivity index is 2.30. The summed E-state index contributed by atoms with van der Waals surface area (Å²) in [6, 6.07) is 0. The number of hydrogen-bond acceptors (Lipinski definition) is 3. The highest BCUT2D eigenvalue weighted by Gasteiger charge is 2.30. The molecule has 0 heterocycles. The first-order valence-electron chi connectivity index (χ1n) is 5.62. The Labute approximate surface area is 95.9 Å². The molecule has 0 saturated heterocycles. The van der Waals surface area contributed by atoms with E-state index >= 15 is 0 Å². The van der Waals surface area contributed by atoms with E-state index in [4.69, 9.17) is 9.84 Å². The Morgan fingerprint density at radius 3 is 2.69 bits per heavy atom. The van der Waals surface area contributed by atoms with Gasteiger partial charge >= 0.3 is 5.97 Å². The first-order chi connectivity index (χ1) is 7.43. The summed E-state index contributed by atoms with van der Waals surface area (Å²) in [6.07, 6.45) is 6.30. The standard InChI is InChI=1S/C12H20O4/c1-9-5-3-4-6-10(9)7-16-8-12(2,15)11(13)14/h3-4,9-10,15H,5-8H2,1-2H3,(H,13,14). The minimum atomic E-state index is -1.78. The van der Waals surface area contributed by atoms with Gasteiger partial charge in [-0.2, -0.15) is 0 Å². The van der Waals surface area contributed by atoms with Crippen LogP contribution in [0, 0.1) is 11.8 Å². The summed E-state index contributed by atoms with van der Waals surface area (Å²) in [5.74, 6) is -0.265. The van der Waals surface area contributed by atoms with Crippen LogP contribution in [0.3, 0.4) is 0 Å². The molecule has 0 aromatic heterocycles. The van der Waals surface area contributed by atoms with Crippen molar-refractivity contribution in [2.24, 2.45) is 11.8 Å². The zero-order valence-electron chi connectivity index (χ0n) is 9.85. The average molecular weight is 228 g/mol. The number of carboxylic acids is 1. The first kappa shape index (κ1) is 13.2. The van der Waals surface area contributed by atoms with Crippen LogP contribution < -0.4 is 0 Å². The molecule has 1 rings (SSSR count). The van der Waals surface area contributed by atoms with E-state index in [1.165, 1.54) is 6.92 Å². The fourth-order valence-corrected chi connectivity index (χ4v) is 1.71. The minimum absolute atomic E-state index is 0.157. The second-order valence-corrected chi connectivity index (χ2v) is 4.77. The van der Waals surface area contributed by atoms with Gasteiger partial charge in [-0.1, -0.05) is 19.1 Å². The SMILES string of the molecule is CC1CC=CCC1COCC(C)(O)C(=O)O. The molecule has 0 aromatic carbocycles. The molecule has 3 unspecified atom stereocenters. The maximum Gasteiger partial charge on any atom is 0.337 e. The Kier molecular flexibility index (Phi) is 4.50. The van der Waals surface area contributed by atoms with E-state index in [1.54, 1.807) is 0 Å². The lowest BCUT2D eigenvalue weighted by Crippen LogP contribution is -2.40. The maximum absolute atomic E-state index is 10.6. The lowest BCUT2D eigenvalue weighted by atomic mass is 9.85. The van der Waals surface area contributed by atoms with Crippen LogP contribution in [-0.4, -0.2) is 35.0 Å². The zero-order valence-corrected chi connectivity index (χ0v) is 9.85. The zero-order chi connectivity index (χ0) is 12.2. The fraction of sp³-hybridized carbons (Fsp3) is 0.750. The highest BCUT2D eigenvalue weighted by Crippen LogP contribution is 2.25. The van der Waals surface area contributed by atoms with Crippen molar-refractivity contribution < 1.29 is 19.7 Å². The van der Waals surface area contributed by atoms with Crippen LogP contribution in [0.4, 0.5) is 0 Å². The van der Waals surface area contributed by atoms with Gasteiger partial charge in [-0.25, -0.2) is 4.79 Å². The molecule has 92 valence electrons. The summed E-state index contributed by atoms with van der Waals surface area (Å²) < 4.78 is 5.30. The van der Waals surface area contributed by atoms with Crippen molar-refractivity contribution in [3.05, 3.63) is 12.2 Å². The van der Waals surface area contributed by atoms with Gasteiger partial charge in [0.1, 0.15) is 0 Å². The lowest BCUT2D eigenvalue weighted by molar-refractivity contribution is -0.163. The van der Waals surface area contributed by atoms with E-state index in [0.717, 1.165) is 12.8 Å². The lowest BCUT2D eigenvalue weighted by Gasteiger charge is -2.26. The first-order valence-corrected chi connectivity index (χ1v) is 5.62. The average Bonchev–Trinajstić information content (AvgIpc) is 2.20. The molecular weight excluding hydrogens is 208 g/mol. The molecule has 0 aliphatic heterocycles. The highest BCUT2D eigenvalue weighted by molar-refractivity contribution is 5.76. The number of aliphatic carboxylic acids is 1. The van der Waals surface area contributed by atoms with Gasteiger partial charge in [0.2, 0.25) is 0 Å². The van der Waals surface area contributed by atoms with Crippen molar-refractivity contribution in [3.8, 4) is 0 Å². The van der Waals surface area contributed by atoms with Gasteiger partial charge in [-0.3, -0.25) is 0 Å². The second kappa shape index (κ2) is 5.46. The van der Waals surface area contributed by atoms with Crippen LogP contribution in [0.1, 0.15) is 26.7 Å². The summed E-state index contributed by atoms with van der Waals surface area (Å²) >= 11 is 0. The van der Waals surface area contributed by atoms with E-state index in [9.17, 15) is 9.90 Å². The quantitative estimate of drug-likeness (QED) is 0.699. The molecule has 0 spiro atoms. The number of rotatable bonds is 5. The number of carboxylic acid groups (broad SMARTS) is 1. The molecular formula is C12H20O4. The third-order valence-electron chi connectivity index (χ3n) is 3.09. The van der Waals surface area contributed by atoms with E-state index in [0.29, 0.717) is 18.4 Å². The third-order valence-corrected chi connectivity index (χ3v) is 3.09. The van der Waals surface area contributed by atoms with E-state index < -0.39 is 11.6 Å². The minimum Gasteiger partial charge on any atom is -0.479 e. The van der Waals surface area contributed by atoms with Crippen LogP contribution in [-0.2, 0) is 9.53 Å². The molecule has 3 atom stereocenters. The molecule has 0 saturated carbocycles. The summed E-state index contributed by atoms with van der Waals surface area (Å²) in [6.45, 7) is 3.76. The third kappa shape index (κ3) is 3.61. The molecule has 2 N–H and O–H groups in total. The van der Waals surface area contributed by atoms with Crippen LogP contribution in [0.15, 0.2) is 12.2 Å². The number of allylic oxidation sites excluding steroid dienone is 2. The van der Waals surface area contributed by atoms with E-state index in [1.807, 2.05) is 0 Å². The maximum atomic E-state index is 10.6. The van der Waals surface area contributed by atoms with Gasteiger partial charge in [0.15, 0.2) is 5.60 Å². The van der Waals surface area contributed by atoms with Gasteiger partial charge < -0.3 is 14.9 Å². The van der Waals surface area contributed by atoms with Gasteiger partial charge in [0, 0.05) is 0 Å². The molecule has 1 aliphatic carbocycles. The molecule has 4 heteroatoms. The normalized spacial score (nSPS) is 28.7. The van der Waals surface area contributed by atoms with Gasteiger partial charge in [-0.15, -0.1) is 0 Å². The monoisotopic (exact) mass is 228 g/mol. The largest absolute Gasteiger partial charge is 0.479 e. The van der Waals surface area contributed by atoms with Crippen LogP contribution >= 0.6 is 0 Å². The van der Waals surface area contributed by atoms with Crippen molar-refractivity contribution in [2.75, 3.05) is 13.2 Å². The van der Waals surface area contributed by atoms with Gasteiger partial charge in [0.25, 0.3) is 0 Å². The molecule has 0 aromatic rings. The van der Waals surface area contributed by atoms with Crippen molar-refractivity contribution in [3.63, 3.8) is 0 Å². The van der Waals surface area contributed by atoms with Crippen LogP contribution in [0.5, 0.6) is 0 Å². The Hall–Kier alpha value is -0.870. The number of carbonyl (C=O) groups is 1. The second-order valence-electron chi connectivity index (χ2n) is 4.77. The molecule has 4 nitrogen and oxygen atoms in total. The summed E-state index contributed by atoms with van der Waals surface area (Å²) in [7, 11) is 0. The van der Waals surface area contributed by atoms with Crippen molar-refractivity contribution in [1.82, 2.24) is 0 Å². The topological polar surface area (TPSA) is 66.8 Å². The molecule has 0 fully saturated rings. The van der Waals surface area contributed by atoms with Crippen molar-refractivity contribution in [1.29, 1.82) is 0 Å². The Morgan fingerprint density at radius 1 is 1.50 bits per heavy atom. The van der Waals surface area contributed by atoms with Crippen LogP contribution in [0.2, 0.25) is 0 Å².